The molecule has 0 aliphatic carbocycles. The highest BCUT2D eigenvalue weighted by molar-refractivity contribution is 9.10. The molecule has 0 spiro atoms. The maximum Gasteiger partial charge on any atom is 0.309 e. The summed E-state index contributed by atoms with van der Waals surface area (Å²) >= 11 is 5.00. The van der Waals surface area contributed by atoms with E-state index in [0.717, 1.165) is 20.5 Å². The monoisotopic (exact) mass is 484 g/mol. The average Bonchev–Trinajstić information content (AvgIpc) is 2.69. The van der Waals surface area contributed by atoms with Crippen LogP contribution in [0.4, 0.5) is 0 Å². The Bertz CT molecular complexity index is 763. The van der Waals surface area contributed by atoms with Gasteiger partial charge in [0.15, 0.2) is 0 Å². The predicted molar refractivity (Wildman–Crippen MR) is 118 cm³/mol. The first-order chi connectivity index (χ1) is 13.7. The van der Waals surface area contributed by atoms with E-state index in [4.69, 9.17) is 4.74 Å². The van der Waals surface area contributed by atoms with Crippen LogP contribution in [0.25, 0.3) is 0 Å². The number of hydrogen-bond donors (Lipinski definition) is 0. The molecule has 0 unspecified atom stereocenters. The van der Waals surface area contributed by atoms with Gasteiger partial charge in [-0.2, -0.15) is 0 Å². The van der Waals surface area contributed by atoms with Crippen LogP contribution in [-0.2, 0) is 19.1 Å². The summed E-state index contributed by atoms with van der Waals surface area (Å²) in [6, 6.07) is 4.12. The second-order valence-corrected chi connectivity index (χ2v) is 9.18. The third-order valence-electron chi connectivity index (χ3n) is 5.07. The number of amides is 2. The SMILES string of the molecule is CCOC(=O)C1CCN(C(=O)CN(C)C(=O)CSc2cc(C)c(Br)cc2C)CC1. The molecule has 1 aliphatic rings. The molecule has 0 radical (unpaired) electrons. The molecule has 0 bridgehead atoms. The van der Waals surface area contributed by atoms with Gasteiger partial charge >= 0.3 is 5.97 Å². The summed E-state index contributed by atoms with van der Waals surface area (Å²) in [7, 11) is 1.66. The summed E-state index contributed by atoms with van der Waals surface area (Å²) in [5.74, 6) is -0.181. The van der Waals surface area contributed by atoms with Crippen LogP contribution in [-0.4, -0.2) is 66.6 Å². The van der Waals surface area contributed by atoms with Gasteiger partial charge in [0.1, 0.15) is 0 Å². The number of hydrogen-bond acceptors (Lipinski definition) is 5. The molecule has 160 valence electrons. The van der Waals surface area contributed by atoms with Gasteiger partial charge in [-0.15, -0.1) is 11.8 Å². The molecule has 1 aliphatic heterocycles. The van der Waals surface area contributed by atoms with E-state index < -0.39 is 0 Å². The van der Waals surface area contributed by atoms with Crippen molar-refractivity contribution in [1.82, 2.24) is 9.80 Å². The number of likely N-dealkylation sites (tertiary alicyclic amines) is 1. The van der Waals surface area contributed by atoms with Crippen LogP contribution < -0.4 is 0 Å². The molecule has 1 aromatic rings. The van der Waals surface area contributed by atoms with Crippen molar-refractivity contribution in [1.29, 1.82) is 0 Å². The lowest BCUT2D eigenvalue weighted by molar-refractivity contribution is -0.151. The number of carbonyl (C=O) groups excluding carboxylic acids is 3. The number of ether oxygens (including phenoxy) is 1. The predicted octanol–water partition coefficient (Wildman–Crippen LogP) is 3.42. The lowest BCUT2D eigenvalue weighted by Gasteiger charge is -2.32. The van der Waals surface area contributed by atoms with Crippen molar-refractivity contribution in [2.24, 2.45) is 5.92 Å². The summed E-state index contributed by atoms with van der Waals surface area (Å²) in [6.07, 6.45) is 1.22. The molecule has 29 heavy (non-hydrogen) atoms. The number of thioether (sulfide) groups is 1. The topological polar surface area (TPSA) is 66.9 Å². The zero-order chi connectivity index (χ0) is 21.6. The molecule has 6 nitrogen and oxygen atoms in total. The van der Waals surface area contributed by atoms with Crippen molar-refractivity contribution < 1.29 is 19.1 Å². The van der Waals surface area contributed by atoms with Crippen LogP contribution in [0.3, 0.4) is 0 Å². The smallest absolute Gasteiger partial charge is 0.309 e. The quantitative estimate of drug-likeness (QED) is 0.438. The number of esters is 1. The Labute approximate surface area is 185 Å². The molecule has 2 amide bonds. The second kappa shape index (κ2) is 11.0. The van der Waals surface area contributed by atoms with Crippen molar-refractivity contribution in [3.05, 3.63) is 27.7 Å². The lowest BCUT2D eigenvalue weighted by atomic mass is 9.97. The number of halogens is 1. The van der Waals surface area contributed by atoms with Crippen molar-refractivity contribution in [2.45, 2.75) is 38.5 Å². The number of piperidine rings is 1. The van der Waals surface area contributed by atoms with E-state index in [9.17, 15) is 14.4 Å². The second-order valence-electron chi connectivity index (χ2n) is 7.31. The third kappa shape index (κ3) is 6.74. The largest absolute Gasteiger partial charge is 0.466 e. The van der Waals surface area contributed by atoms with Crippen LogP contribution in [0.2, 0.25) is 0 Å². The number of carbonyl (C=O) groups is 3. The van der Waals surface area contributed by atoms with Gasteiger partial charge in [0.25, 0.3) is 0 Å². The Morgan fingerprint density at radius 1 is 1.21 bits per heavy atom. The number of benzene rings is 1. The van der Waals surface area contributed by atoms with E-state index in [1.807, 2.05) is 13.8 Å². The molecule has 0 saturated carbocycles. The zero-order valence-electron chi connectivity index (χ0n) is 17.5. The summed E-state index contributed by atoms with van der Waals surface area (Å²) in [4.78, 5) is 41.1. The third-order valence-corrected chi connectivity index (χ3v) is 7.07. The molecule has 2 rings (SSSR count). The van der Waals surface area contributed by atoms with E-state index in [1.165, 1.54) is 16.7 Å². The summed E-state index contributed by atoms with van der Waals surface area (Å²) in [6.45, 7) is 7.31. The molecule has 0 aromatic heterocycles. The fourth-order valence-corrected chi connectivity index (χ4v) is 4.68. The summed E-state index contributed by atoms with van der Waals surface area (Å²) in [5.41, 5.74) is 2.24. The van der Waals surface area contributed by atoms with Crippen LogP contribution in [0.1, 0.15) is 30.9 Å². The number of nitrogens with zero attached hydrogens (tertiary/aromatic N) is 2. The van der Waals surface area contributed by atoms with Crippen LogP contribution >= 0.6 is 27.7 Å². The normalized spacial score (nSPS) is 14.6. The van der Waals surface area contributed by atoms with Gasteiger partial charge in [0, 0.05) is 29.5 Å². The molecule has 1 heterocycles. The first-order valence-electron chi connectivity index (χ1n) is 9.80. The molecule has 0 N–H and O–H groups in total. The fraction of sp³-hybridized carbons (Fsp3) is 0.571. The Kier molecular flexibility index (Phi) is 9.02. The van der Waals surface area contributed by atoms with E-state index in [2.05, 4.69) is 28.1 Å². The first-order valence-corrected chi connectivity index (χ1v) is 11.6. The molecule has 8 heteroatoms. The highest BCUT2D eigenvalue weighted by Crippen LogP contribution is 2.28. The Balaban J connectivity index is 1.80. The van der Waals surface area contributed by atoms with Gasteiger partial charge in [-0.1, -0.05) is 15.9 Å². The van der Waals surface area contributed by atoms with E-state index in [1.54, 1.807) is 18.9 Å². The van der Waals surface area contributed by atoms with Crippen molar-refractivity contribution in [3.8, 4) is 0 Å². The standard InChI is InChI=1S/C21H29BrN2O4S/c1-5-28-21(27)16-6-8-24(9-7-16)19(25)12-23(4)20(26)13-29-18-11-14(2)17(22)10-15(18)3/h10-11,16H,5-9,12-13H2,1-4H3. The first kappa shape index (κ1) is 23.7. The Hall–Kier alpha value is -1.54. The van der Waals surface area contributed by atoms with Crippen molar-refractivity contribution >= 4 is 45.5 Å². The van der Waals surface area contributed by atoms with Crippen LogP contribution in [0.5, 0.6) is 0 Å². The van der Waals surface area contributed by atoms with Crippen LogP contribution in [0.15, 0.2) is 21.5 Å². The molecule has 1 fully saturated rings. The van der Waals surface area contributed by atoms with Gasteiger partial charge in [-0.25, -0.2) is 0 Å². The Morgan fingerprint density at radius 3 is 2.48 bits per heavy atom. The minimum atomic E-state index is -0.178. The number of rotatable bonds is 7. The van der Waals surface area contributed by atoms with Gasteiger partial charge < -0.3 is 14.5 Å². The van der Waals surface area contributed by atoms with Gasteiger partial charge in [-0.3, -0.25) is 14.4 Å². The van der Waals surface area contributed by atoms with Gasteiger partial charge in [0.05, 0.1) is 24.8 Å². The lowest BCUT2D eigenvalue weighted by Crippen LogP contribution is -2.46. The maximum atomic E-state index is 12.5. The summed E-state index contributed by atoms with van der Waals surface area (Å²) < 4.78 is 6.11. The van der Waals surface area contributed by atoms with E-state index in [0.29, 0.717) is 32.5 Å². The van der Waals surface area contributed by atoms with Crippen LogP contribution in [0, 0.1) is 19.8 Å². The maximum absolute atomic E-state index is 12.5. The van der Waals surface area contributed by atoms with E-state index in [-0.39, 0.29) is 36.0 Å². The molecular weight excluding hydrogens is 456 g/mol. The minimum Gasteiger partial charge on any atom is -0.466 e. The fourth-order valence-electron chi connectivity index (χ4n) is 3.18. The van der Waals surface area contributed by atoms with E-state index >= 15 is 0 Å². The molecule has 1 saturated heterocycles. The van der Waals surface area contributed by atoms with Gasteiger partial charge in [-0.05, 0) is 56.9 Å². The highest BCUT2D eigenvalue weighted by Gasteiger charge is 2.28. The average molecular weight is 485 g/mol. The van der Waals surface area contributed by atoms with Gasteiger partial charge in [0.2, 0.25) is 11.8 Å². The van der Waals surface area contributed by atoms with Crippen molar-refractivity contribution in [2.75, 3.05) is 39.0 Å². The minimum absolute atomic E-state index is 0.0574. The highest BCUT2D eigenvalue weighted by atomic mass is 79.9. The zero-order valence-corrected chi connectivity index (χ0v) is 19.9. The van der Waals surface area contributed by atoms with Crippen molar-refractivity contribution in [3.63, 3.8) is 0 Å². The molecule has 0 atom stereocenters. The Morgan fingerprint density at radius 2 is 1.86 bits per heavy atom. The number of aryl methyl sites for hydroxylation is 2. The summed E-state index contributed by atoms with van der Waals surface area (Å²) in [5, 5.41) is 0. The molecule has 1 aromatic carbocycles. The molecular formula is C21H29BrN2O4S. The number of likely N-dealkylation sites (N-methyl/N-ethyl adjacent to an activating group) is 1.